The van der Waals surface area contributed by atoms with Crippen LogP contribution in [0.4, 0.5) is 5.69 Å². The third-order valence-corrected chi connectivity index (χ3v) is 6.61. The number of furan rings is 1. The zero-order valence-electron chi connectivity index (χ0n) is 20.2. The molecule has 0 N–H and O–H groups in total. The second-order valence-electron chi connectivity index (χ2n) is 8.20. The standard InChI is InChI=1S/C28H16Br2N4O6/c29-19-14-18(26(22(30)15-19)40-25(35)12-9-17-7-10-20(11-8-17)34(37)38)16-31-33-27(24-6-3-13-39-24)32-23-5-2-1-4-21(23)28(33)36/h1-16H/b12-9+,31-16?. The van der Waals surface area contributed by atoms with Crippen molar-refractivity contribution in [1.82, 2.24) is 9.66 Å². The lowest BCUT2D eigenvalue weighted by molar-refractivity contribution is -0.384. The summed E-state index contributed by atoms with van der Waals surface area (Å²) in [6, 6.07) is 19.3. The summed E-state index contributed by atoms with van der Waals surface area (Å²) in [5.74, 6) is 0.00512. The number of hydrogen-bond acceptors (Lipinski definition) is 8. The van der Waals surface area contributed by atoms with Crippen molar-refractivity contribution in [3.05, 3.63) is 126 Å². The molecule has 0 fully saturated rings. The van der Waals surface area contributed by atoms with Gasteiger partial charge in [-0.05, 0) is 76.1 Å². The predicted molar refractivity (Wildman–Crippen MR) is 156 cm³/mol. The molecule has 0 aliphatic carbocycles. The molecule has 2 aromatic heterocycles. The first kappa shape index (κ1) is 26.9. The Hall–Kier alpha value is -4.68. The highest BCUT2D eigenvalue weighted by molar-refractivity contribution is 9.11. The number of non-ortho nitro benzene ring substituents is 1. The number of ether oxygens (including phenoxy) is 1. The molecule has 12 heteroatoms. The van der Waals surface area contributed by atoms with Crippen LogP contribution in [0.2, 0.25) is 0 Å². The van der Waals surface area contributed by atoms with Crippen LogP contribution in [-0.4, -0.2) is 26.8 Å². The van der Waals surface area contributed by atoms with E-state index < -0.39 is 16.5 Å². The largest absolute Gasteiger partial charge is 0.461 e. The van der Waals surface area contributed by atoms with Crippen molar-refractivity contribution in [2.75, 3.05) is 0 Å². The van der Waals surface area contributed by atoms with Gasteiger partial charge in [-0.25, -0.2) is 9.78 Å². The molecule has 0 unspecified atom stereocenters. The van der Waals surface area contributed by atoms with Crippen LogP contribution >= 0.6 is 31.9 Å². The SMILES string of the molecule is O=C(/C=C/c1ccc([N+](=O)[O-])cc1)Oc1c(Br)cc(Br)cc1C=Nn1c(-c2ccco2)nc2ccccc2c1=O. The lowest BCUT2D eigenvalue weighted by Gasteiger charge is -2.10. The van der Waals surface area contributed by atoms with Crippen LogP contribution < -0.4 is 10.3 Å². The number of nitro benzene ring substituents is 1. The minimum Gasteiger partial charge on any atom is -0.461 e. The molecule has 0 bridgehead atoms. The van der Waals surface area contributed by atoms with Gasteiger partial charge in [-0.1, -0.05) is 28.1 Å². The van der Waals surface area contributed by atoms with E-state index in [1.165, 1.54) is 48.9 Å². The van der Waals surface area contributed by atoms with Crippen LogP contribution in [0.5, 0.6) is 5.75 Å². The fraction of sp³-hybridized carbons (Fsp3) is 0. The number of nitro groups is 1. The Labute approximate surface area is 242 Å². The van der Waals surface area contributed by atoms with Gasteiger partial charge in [-0.3, -0.25) is 14.9 Å². The van der Waals surface area contributed by atoms with E-state index in [4.69, 9.17) is 9.15 Å². The predicted octanol–water partition coefficient (Wildman–Crippen LogP) is 6.59. The third kappa shape index (κ3) is 5.82. The maximum absolute atomic E-state index is 13.4. The van der Waals surface area contributed by atoms with Crippen molar-refractivity contribution in [3.63, 3.8) is 0 Å². The van der Waals surface area contributed by atoms with Gasteiger partial charge in [-0.15, -0.1) is 0 Å². The molecule has 40 heavy (non-hydrogen) atoms. The first-order valence-electron chi connectivity index (χ1n) is 11.5. The normalized spacial score (nSPS) is 11.4. The molecule has 0 amide bonds. The molecule has 198 valence electrons. The molecular formula is C28H16Br2N4O6. The average molecular weight is 664 g/mol. The highest BCUT2D eigenvalue weighted by atomic mass is 79.9. The second kappa shape index (κ2) is 11.6. The van der Waals surface area contributed by atoms with Crippen molar-refractivity contribution in [2.24, 2.45) is 5.10 Å². The number of esters is 1. The van der Waals surface area contributed by atoms with Gasteiger partial charge in [0.15, 0.2) is 11.5 Å². The number of rotatable bonds is 7. The van der Waals surface area contributed by atoms with Gasteiger partial charge < -0.3 is 9.15 Å². The van der Waals surface area contributed by atoms with E-state index in [0.717, 1.165) is 4.68 Å². The van der Waals surface area contributed by atoms with E-state index in [2.05, 4.69) is 41.9 Å². The Kier molecular flexibility index (Phi) is 7.80. The van der Waals surface area contributed by atoms with Gasteiger partial charge in [0, 0.05) is 28.2 Å². The fourth-order valence-electron chi connectivity index (χ4n) is 3.71. The number of carbonyl (C=O) groups is 1. The van der Waals surface area contributed by atoms with Gasteiger partial charge in [0.05, 0.1) is 32.8 Å². The maximum Gasteiger partial charge on any atom is 0.336 e. The number of aromatic nitrogens is 2. The number of fused-ring (bicyclic) bond motifs is 1. The molecule has 2 heterocycles. The van der Waals surface area contributed by atoms with E-state index in [9.17, 15) is 19.7 Å². The first-order valence-corrected chi connectivity index (χ1v) is 13.1. The Morgan fingerprint density at radius 2 is 1.85 bits per heavy atom. The number of benzene rings is 3. The van der Waals surface area contributed by atoms with Gasteiger partial charge in [0.2, 0.25) is 5.82 Å². The van der Waals surface area contributed by atoms with Crippen molar-refractivity contribution in [2.45, 2.75) is 0 Å². The van der Waals surface area contributed by atoms with Crippen LogP contribution in [0.3, 0.4) is 0 Å². The average Bonchev–Trinajstić information content (AvgIpc) is 3.48. The highest BCUT2D eigenvalue weighted by Crippen LogP contribution is 2.32. The summed E-state index contributed by atoms with van der Waals surface area (Å²) in [4.78, 5) is 40.9. The van der Waals surface area contributed by atoms with Gasteiger partial charge in [0.1, 0.15) is 0 Å². The molecule has 0 saturated heterocycles. The van der Waals surface area contributed by atoms with E-state index in [1.54, 1.807) is 48.5 Å². The maximum atomic E-state index is 13.4. The molecular weight excluding hydrogens is 648 g/mol. The Morgan fingerprint density at radius 1 is 1.07 bits per heavy atom. The summed E-state index contributed by atoms with van der Waals surface area (Å²) in [6.45, 7) is 0. The summed E-state index contributed by atoms with van der Waals surface area (Å²) >= 11 is 6.83. The smallest absolute Gasteiger partial charge is 0.336 e. The van der Waals surface area contributed by atoms with Crippen LogP contribution in [0.25, 0.3) is 28.6 Å². The summed E-state index contributed by atoms with van der Waals surface area (Å²) in [6.07, 6.45) is 5.52. The molecule has 0 saturated carbocycles. The van der Waals surface area contributed by atoms with Crippen molar-refractivity contribution in [3.8, 4) is 17.3 Å². The van der Waals surface area contributed by atoms with Crippen LogP contribution in [0, 0.1) is 10.1 Å². The molecule has 0 radical (unpaired) electrons. The van der Waals surface area contributed by atoms with Crippen LogP contribution in [0.15, 0.2) is 108 Å². The third-order valence-electron chi connectivity index (χ3n) is 5.56. The van der Waals surface area contributed by atoms with Gasteiger partial charge in [-0.2, -0.15) is 9.78 Å². The van der Waals surface area contributed by atoms with Crippen LogP contribution in [-0.2, 0) is 4.79 Å². The zero-order chi connectivity index (χ0) is 28.2. The summed E-state index contributed by atoms with van der Waals surface area (Å²) < 4.78 is 13.3. The van der Waals surface area contributed by atoms with E-state index in [1.807, 2.05) is 0 Å². The van der Waals surface area contributed by atoms with E-state index >= 15 is 0 Å². The number of para-hydroxylation sites is 1. The minimum atomic E-state index is -0.697. The number of carbonyl (C=O) groups excluding carboxylic acids is 1. The number of hydrogen-bond donors (Lipinski definition) is 0. The van der Waals surface area contributed by atoms with Crippen LogP contribution in [0.1, 0.15) is 11.1 Å². The second-order valence-corrected chi connectivity index (χ2v) is 9.97. The Morgan fingerprint density at radius 3 is 2.58 bits per heavy atom. The topological polar surface area (TPSA) is 130 Å². The van der Waals surface area contributed by atoms with Crippen molar-refractivity contribution in [1.29, 1.82) is 0 Å². The molecule has 0 atom stereocenters. The minimum absolute atomic E-state index is 0.0571. The number of halogens is 2. The molecule has 5 rings (SSSR count). The Balaban J connectivity index is 1.49. The molecule has 5 aromatic rings. The molecule has 10 nitrogen and oxygen atoms in total. The van der Waals surface area contributed by atoms with Gasteiger partial charge >= 0.3 is 5.97 Å². The summed E-state index contributed by atoms with van der Waals surface area (Å²) in [5, 5.41) is 15.6. The fourth-order valence-corrected chi connectivity index (χ4v) is 5.05. The first-order chi connectivity index (χ1) is 19.3. The quantitative estimate of drug-likeness (QED) is 0.0479. The molecule has 0 aliphatic rings. The van der Waals surface area contributed by atoms with Crippen molar-refractivity contribution < 1.29 is 18.9 Å². The molecule has 0 spiro atoms. The lowest BCUT2D eigenvalue weighted by atomic mass is 10.2. The van der Waals surface area contributed by atoms with E-state index in [-0.39, 0.29) is 17.3 Å². The highest BCUT2D eigenvalue weighted by Gasteiger charge is 2.16. The lowest BCUT2D eigenvalue weighted by Crippen LogP contribution is -2.20. The van der Waals surface area contributed by atoms with E-state index in [0.29, 0.717) is 36.7 Å². The molecule has 3 aromatic carbocycles. The van der Waals surface area contributed by atoms with Gasteiger partial charge in [0.25, 0.3) is 11.2 Å². The van der Waals surface area contributed by atoms with Crippen molar-refractivity contribution >= 4 is 66.7 Å². The number of nitrogens with zero attached hydrogens (tertiary/aromatic N) is 4. The Bertz CT molecular complexity index is 1860. The zero-order valence-corrected chi connectivity index (χ0v) is 23.4. The molecule has 0 aliphatic heterocycles. The monoisotopic (exact) mass is 662 g/mol. The summed E-state index contributed by atoms with van der Waals surface area (Å²) in [7, 11) is 0. The summed E-state index contributed by atoms with van der Waals surface area (Å²) in [5.41, 5.74) is 0.979.